The minimum absolute atomic E-state index is 0.0189. The number of hydrogen-bond acceptors (Lipinski definition) is 3. The first-order valence-corrected chi connectivity index (χ1v) is 5.08. The van der Waals surface area contributed by atoms with Gasteiger partial charge >= 0.3 is 6.03 Å². The summed E-state index contributed by atoms with van der Waals surface area (Å²) in [7, 11) is 0. The summed E-state index contributed by atoms with van der Waals surface area (Å²) in [6.45, 7) is 4.19. The monoisotopic (exact) mass is 200 g/mol. The molecular weight excluding hydrogens is 184 g/mol. The third-order valence-electron chi connectivity index (χ3n) is 2.51. The maximum absolute atomic E-state index is 11.4. The molecular formula is C9H16N2O3. The van der Waals surface area contributed by atoms with Gasteiger partial charge in [-0.1, -0.05) is 0 Å². The highest BCUT2D eigenvalue weighted by molar-refractivity contribution is 5.74. The molecule has 0 aromatic rings. The molecule has 0 aliphatic carbocycles. The molecule has 0 bridgehead atoms. The third kappa shape index (κ3) is 2.36. The summed E-state index contributed by atoms with van der Waals surface area (Å²) in [5.41, 5.74) is 0. The highest BCUT2D eigenvalue weighted by atomic mass is 16.6. The van der Waals surface area contributed by atoms with E-state index in [1.165, 1.54) is 0 Å². The van der Waals surface area contributed by atoms with Gasteiger partial charge in [0.2, 0.25) is 0 Å². The highest BCUT2D eigenvalue weighted by Gasteiger charge is 2.21. The molecule has 0 radical (unpaired) electrons. The Balaban J connectivity index is 1.62. The van der Waals surface area contributed by atoms with Crippen LogP contribution in [0.4, 0.5) is 4.79 Å². The Kier molecular flexibility index (Phi) is 3.21. The van der Waals surface area contributed by atoms with Crippen LogP contribution >= 0.6 is 0 Å². The molecule has 2 rings (SSSR count). The smallest absolute Gasteiger partial charge is 0.317 e. The second-order valence-corrected chi connectivity index (χ2v) is 3.59. The van der Waals surface area contributed by atoms with Gasteiger partial charge in [0.15, 0.2) is 0 Å². The van der Waals surface area contributed by atoms with Crippen molar-refractivity contribution in [3.63, 3.8) is 0 Å². The molecule has 5 heteroatoms. The van der Waals surface area contributed by atoms with Gasteiger partial charge in [0.25, 0.3) is 0 Å². The number of amides is 2. The number of urea groups is 1. The van der Waals surface area contributed by atoms with Crippen molar-refractivity contribution in [2.45, 2.75) is 12.5 Å². The Morgan fingerprint density at radius 1 is 1.43 bits per heavy atom. The van der Waals surface area contributed by atoms with E-state index in [9.17, 15) is 4.79 Å². The molecule has 1 atom stereocenters. The highest BCUT2D eigenvalue weighted by Crippen LogP contribution is 2.05. The molecule has 80 valence electrons. The SMILES string of the molecule is O=C(NCC1COCCO1)N1CCC1. The van der Waals surface area contributed by atoms with Crippen molar-refractivity contribution in [1.29, 1.82) is 0 Å². The average Bonchev–Trinajstić information content (AvgIpc) is 2.14. The van der Waals surface area contributed by atoms with E-state index >= 15 is 0 Å². The fourth-order valence-corrected chi connectivity index (χ4v) is 1.49. The Morgan fingerprint density at radius 3 is 2.86 bits per heavy atom. The zero-order valence-corrected chi connectivity index (χ0v) is 8.20. The van der Waals surface area contributed by atoms with Gasteiger partial charge in [-0.3, -0.25) is 0 Å². The average molecular weight is 200 g/mol. The number of hydrogen-bond donors (Lipinski definition) is 1. The largest absolute Gasteiger partial charge is 0.376 e. The Labute approximate surface area is 83.3 Å². The lowest BCUT2D eigenvalue weighted by Gasteiger charge is -2.32. The predicted molar refractivity (Wildman–Crippen MR) is 50.1 cm³/mol. The molecule has 0 spiro atoms. The standard InChI is InChI=1S/C9H16N2O3/c12-9(11-2-1-3-11)10-6-8-7-13-4-5-14-8/h8H,1-7H2,(H,10,12). The lowest BCUT2D eigenvalue weighted by Crippen LogP contribution is -2.50. The van der Waals surface area contributed by atoms with Gasteiger partial charge in [-0.2, -0.15) is 0 Å². The first-order chi connectivity index (χ1) is 6.86. The van der Waals surface area contributed by atoms with Gasteiger partial charge < -0.3 is 19.7 Å². The van der Waals surface area contributed by atoms with Crippen LogP contribution in [0.25, 0.3) is 0 Å². The van der Waals surface area contributed by atoms with Gasteiger partial charge in [0, 0.05) is 19.6 Å². The zero-order chi connectivity index (χ0) is 9.80. The molecule has 14 heavy (non-hydrogen) atoms. The second-order valence-electron chi connectivity index (χ2n) is 3.59. The minimum atomic E-state index is 0.0189. The lowest BCUT2D eigenvalue weighted by molar-refractivity contribution is -0.0856. The molecule has 0 saturated carbocycles. The summed E-state index contributed by atoms with van der Waals surface area (Å²) in [5, 5.41) is 2.84. The number of carbonyl (C=O) groups is 1. The van der Waals surface area contributed by atoms with Crippen LogP contribution in [0.1, 0.15) is 6.42 Å². The number of ether oxygens (including phenoxy) is 2. The minimum Gasteiger partial charge on any atom is -0.376 e. The number of nitrogens with zero attached hydrogens (tertiary/aromatic N) is 1. The summed E-state index contributed by atoms with van der Waals surface area (Å²) in [4.78, 5) is 13.2. The summed E-state index contributed by atoms with van der Waals surface area (Å²) < 4.78 is 10.6. The van der Waals surface area contributed by atoms with Crippen LogP contribution in [-0.4, -0.2) is 56.5 Å². The van der Waals surface area contributed by atoms with Crippen molar-refractivity contribution in [3.8, 4) is 0 Å². The Hall–Kier alpha value is -0.810. The molecule has 5 nitrogen and oxygen atoms in total. The van der Waals surface area contributed by atoms with Gasteiger partial charge in [-0.05, 0) is 6.42 Å². The molecule has 0 aromatic heterocycles. The van der Waals surface area contributed by atoms with Crippen molar-refractivity contribution in [2.75, 3.05) is 39.5 Å². The molecule has 2 aliphatic rings. The van der Waals surface area contributed by atoms with Crippen molar-refractivity contribution >= 4 is 6.03 Å². The summed E-state index contributed by atoms with van der Waals surface area (Å²) in [6, 6.07) is 0.0189. The first kappa shape index (κ1) is 9.73. The van der Waals surface area contributed by atoms with Crippen LogP contribution in [-0.2, 0) is 9.47 Å². The van der Waals surface area contributed by atoms with E-state index in [-0.39, 0.29) is 12.1 Å². The van der Waals surface area contributed by atoms with E-state index in [1.807, 2.05) is 0 Å². The van der Waals surface area contributed by atoms with Gasteiger partial charge in [-0.15, -0.1) is 0 Å². The van der Waals surface area contributed by atoms with Crippen LogP contribution < -0.4 is 5.32 Å². The van der Waals surface area contributed by atoms with Crippen molar-refractivity contribution in [3.05, 3.63) is 0 Å². The van der Waals surface area contributed by atoms with Gasteiger partial charge in [-0.25, -0.2) is 4.79 Å². The molecule has 1 N–H and O–H groups in total. The third-order valence-corrected chi connectivity index (χ3v) is 2.51. The quantitative estimate of drug-likeness (QED) is 0.672. The predicted octanol–water partition coefficient (Wildman–Crippen LogP) is -0.183. The summed E-state index contributed by atoms with van der Waals surface area (Å²) in [6.07, 6.45) is 1.14. The molecule has 2 aliphatic heterocycles. The topological polar surface area (TPSA) is 50.8 Å². The van der Waals surface area contributed by atoms with E-state index in [2.05, 4.69) is 5.32 Å². The van der Waals surface area contributed by atoms with Crippen LogP contribution in [0.5, 0.6) is 0 Å². The molecule has 2 saturated heterocycles. The number of carbonyl (C=O) groups excluding carboxylic acids is 1. The lowest BCUT2D eigenvalue weighted by atomic mass is 10.2. The molecule has 1 unspecified atom stereocenters. The fraction of sp³-hybridized carbons (Fsp3) is 0.889. The maximum Gasteiger partial charge on any atom is 0.317 e. The number of nitrogens with one attached hydrogen (secondary N) is 1. The molecule has 2 fully saturated rings. The maximum atomic E-state index is 11.4. The number of rotatable bonds is 2. The van der Waals surface area contributed by atoms with Crippen molar-refractivity contribution < 1.29 is 14.3 Å². The first-order valence-electron chi connectivity index (χ1n) is 5.08. The van der Waals surface area contributed by atoms with E-state index in [1.54, 1.807) is 4.90 Å². The Morgan fingerprint density at radius 2 is 2.29 bits per heavy atom. The molecule has 0 aromatic carbocycles. The zero-order valence-electron chi connectivity index (χ0n) is 8.20. The summed E-state index contributed by atoms with van der Waals surface area (Å²) >= 11 is 0. The van der Waals surface area contributed by atoms with Crippen LogP contribution in [0, 0.1) is 0 Å². The van der Waals surface area contributed by atoms with Gasteiger partial charge in [0.05, 0.1) is 25.9 Å². The van der Waals surface area contributed by atoms with Crippen molar-refractivity contribution in [2.24, 2.45) is 0 Å². The van der Waals surface area contributed by atoms with Crippen LogP contribution in [0.3, 0.4) is 0 Å². The van der Waals surface area contributed by atoms with E-state index in [0.29, 0.717) is 26.4 Å². The Bertz CT molecular complexity index is 200. The van der Waals surface area contributed by atoms with Crippen molar-refractivity contribution in [1.82, 2.24) is 10.2 Å². The summed E-state index contributed by atoms with van der Waals surface area (Å²) in [5.74, 6) is 0. The van der Waals surface area contributed by atoms with E-state index < -0.39 is 0 Å². The number of likely N-dealkylation sites (tertiary alicyclic amines) is 1. The van der Waals surface area contributed by atoms with E-state index in [4.69, 9.17) is 9.47 Å². The normalized spacial score (nSPS) is 26.9. The van der Waals surface area contributed by atoms with Crippen LogP contribution in [0.15, 0.2) is 0 Å². The van der Waals surface area contributed by atoms with E-state index in [0.717, 1.165) is 19.5 Å². The molecule has 2 heterocycles. The molecule has 2 amide bonds. The van der Waals surface area contributed by atoms with Crippen LogP contribution in [0.2, 0.25) is 0 Å². The second kappa shape index (κ2) is 4.61. The van der Waals surface area contributed by atoms with Gasteiger partial charge in [0.1, 0.15) is 0 Å². The fourth-order valence-electron chi connectivity index (χ4n) is 1.49.